The Balaban J connectivity index is 0.000000205. The number of carbonyl (C=O) groups excluding carboxylic acids is 1. The monoisotopic (exact) mass is 1230 g/mol. The molecule has 0 atom stereocenters. The van der Waals surface area contributed by atoms with Crippen molar-refractivity contribution in [1.82, 2.24) is 24.2 Å². The maximum absolute atomic E-state index is 11.8. The lowest BCUT2D eigenvalue weighted by atomic mass is 10.2. The highest BCUT2D eigenvalue weighted by molar-refractivity contribution is 7.98. The molecule has 1 aromatic heterocycles. The molecule has 5 aromatic carbocycles. The molecule has 5 fully saturated rings. The summed E-state index contributed by atoms with van der Waals surface area (Å²) in [6.45, 7) is 17.3. The van der Waals surface area contributed by atoms with E-state index in [4.69, 9.17) is 0 Å². The number of ketones is 1. The summed E-state index contributed by atoms with van der Waals surface area (Å²) in [6, 6.07) is 48.8. The van der Waals surface area contributed by atoms with E-state index >= 15 is 0 Å². The second kappa shape index (κ2) is 34.4. The van der Waals surface area contributed by atoms with Gasteiger partial charge in [0.1, 0.15) is 23.0 Å². The van der Waals surface area contributed by atoms with Crippen LogP contribution < -0.4 is 34.0 Å². The van der Waals surface area contributed by atoms with Gasteiger partial charge in [-0.05, 0) is 120 Å². The van der Waals surface area contributed by atoms with Crippen LogP contribution in [0.3, 0.4) is 0 Å². The van der Waals surface area contributed by atoms with Crippen LogP contribution in [0.15, 0.2) is 165 Å². The van der Waals surface area contributed by atoms with Crippen molar-refractivity contribution in [3.8, 4) is 0 Å². The van der Waals surface area contributed by atoms with Gasteiger partial charge < -0.3 is 57.3 Å². The van der Waals surface area contributed by atoms with E-state index in [1.807, 2.05) is 30.3 Å². The number of fused-ring (bicyclic) bond motifs is 1. The number of piperazine rings is 3. The van der Waals surface area contributed by atoms with E-state index in [2.05, 4.69) is 210 Å². The average Bonchev–Trinajstić information content (AvgIpc) is 4.23. The Hall–Kier alpha value is -2.92. The van der Waals surface area contributed by atoms with Crippen molar-refractivity contribution in [1.29, 1.82) is 0 Å². The fraction of sp³-hybridized carbons (Fsp3) is 0.484. The average molecular weight is 1240 g/mol. The van der Waals surface area contributed by atoms with Crippen LogP contribution in [0.25, 0.3) is 10.9 Å². The van der Waals surface area contributed by atoms with Crippen LogP contribution in [-0.4, -0.2) is 203 Å². The minimum Gasteiger partial charge on any atom is -1.00 e. The van der Waals surface area contributed by atoms with Crippen molar-refractivity contribution in [2.24, 2.45) is 7.05 Å². The van der Waals surface area contributed by atoms with Gasteiger partial charge in [0.25, 0.3) is 0 Å². The van der Waals surface area contributed by atoms with E-state index < -0.39 is 0 Å². The summed E-state index contributed by atoms with van der Waals surface area (Å²) < 4.78 is 4.67. The van der Waals surface area contributed by atoms with Gasteiger partial charge in [-0.1, -0.05) is 96.6 Å². The Bertz CT molecular complexity index is 2440. The number of Topliss-reactive ketones (excluding diaryl/α,β-unsaturated/α-hetero) is 1. The van der Waals surface area contributed by atoms with E-state index in [1.54, 1.807) is 4.90 Å². The largest absolute Gasteiger partial charge is 1.00 e. The molecule has 0 N–H and O–H groups in total. The summed E-state index contributed by atoms with van der Waals surface area (Å²) in [4.78, 5) is 27.0. The maximum Gasteiger partial charge on any atom is 0.211 e. The summed E-state index contributed by atoms with van der Waals surface area (Å²) in [7, 11) is 21.0. The molecular formula is C64H96Br2N7OS3+3. The highest BCUT2D eigenvalue weighted by Gasteiger charge is 2.31. The van der Waals surface area contributed by atoms with Crippen LogP contribution in [0.5, 0.6) is 0 Å². The standard InChI is InChI=1S/C19H17S.C13H16NS.C12H15OS.2C7H17N2.C6H14N2.2BrH/c1-16-12-14-19(15-13-16)20(17-8-4-2-5-9-17)18-10-6-3-7-11-18;1-14-10-13(15-8-4-5-9-15)11-6-2-3-7-12(11)14;13-12(10-14-8-4-5-9-14)11-6-2-1-3-7-11;2*1-8-4-6-9(2,3)7-5-8;1-7-3-5-8(2)6-4-7;;/h2-15H,1H3;2-3,6-7,10H,4-5,8-9H2,1H3;1-3,6-7H,4-5,8-10H2;2*4-7H2,1-3H3;3-6H2,1-2H3;2*1H/q5*+1;;;/p-2. The molecule has 0 spiro atoms. The van der Waals surface area contributed by atoms with Gasteiger partial charge in [0, 0.05) is 75.9 Å². The minimum atomic E-state index is -0.0229. The first-order chi connectivity index (χ1) is 36.1. The summed E-state index contributed by atoms with van der Waals surface area (Å²) in [5.74, 6) is 6.49. The Labute approximate surface area is 497 Å². The molecule has 77 heavy (non-hydrogen) atoms. The molecule has 8 nitrogen and oxygen atoms in total. The van der Waals surface area contributed by atoms with Gasteiger partial charge in [-0.2, -0.15) is 0 Å². The molecule has 0 unspecified atom stereocenters. The highest BCUT2D eigenvalue weighted by atomic mass is 79.9. The second-order valence-electron chi connectivity index (χ2n) is 22.6. The number of carbonyl (C=O) groups is 1. The Morgan fingerprint density at radius 3 is 1.30 bits per heavy atom. The molecule has 6 aromatic rings. The van der Waals surface area contributed by atoms with Gasteiger partial charge >= 0.3 is 0 Å². The fourth-order valence-corrected chi connectivity index (χ4v) is 16.4. The van der Waals surface area contributed by atoms with Gasteiger partial charge in [-0.3, -0.25) is 14.6 Å². The molecular weight excluding hydrogens is 1140 g/mol. The quantitative estimate of drug-likeness (QED) is 0.136. The molecule has 0 bridgehead atoms. The highest BCUT2D eigenvalue weighted by Crippen LogP contribution is 2.32. The third kappa shape index (κ3) is 23.2. The zero-order valence-electron chi connectivity index (χ0n) is 48.7. The number of benzene rings is 5. The summed E-state index contributed by atoms with van der Waals surface area (Å²) in [5, 5.41) is 1.48. The fourth-order valence-electron chi connectivity index (χ4n) is 9.48. The SMILES string of the molecule is CN1CCN(C)CC1.CN1CC[N+](C)(C)CC1.CN1CC[N+](C)(C)CC1.Cc1ccc([S+](c2ccccc2)c2ccccc2)cc1.Cn1cc([S+]2CCCC2)c2ccccc21.O=C(C[S+]1CCCC1)c1ccccc1.[Br-].[Br-]. The van der Waals surface area contributed by atoms with Crippen molar-refractivity contribution in [2.45, 2.75) is 52.2 Å². The number of aryl methyl sites for hydroxylation is 2. The Morgan fingerprint density at radius 1 is 0.481 bits per heavy atom. The molecule has 13 heteroatoms. The first-order valence-electron chi connectivity index (χ1n) is 27.8. The van der Waals surface area contributed by atoms with Gasteiger partial charge in [-0.15, -0.1) is 0 Å². The molecule has 0 radical (unpaired) electrons. The number of hydrogen-bond donors (Lipinski definition) is 0. The topological polar surface area (TPSA) is 35.0 Å². The number of halogens is 2. The molecule has 6 heterocycles. The van der Waals surface area contributed by atoms with E-state index in [9.17, 15) is 4.79 Å². The first-order valence-corrected chi connectivity index (χ1v) is 32.3. The summed E-state index contributed by atoms with van der Waals surface area (Å²) in [6.07, 6.45) is 7.84. The molecule has 0 aliphatic carbocycles. The number of aromatic nitrogens is 1. The number of rotatable bonds is 7. The van der Waals surface area contributed by atoms with Crippen molar-refractivity contribution in [3.63, 3.8) is 0 Å². The predicted octanol–water partition coefficient (Wildman–Crippen LogP) is 4.21. The number of likely N-dealkylation sites (N-methyl/N-ethyl adjacent to an activating group) is 6. The number of nitrogens with zero attached hydrogens (tertiary/aromatic N) is 7. The van der Waals surface area contributed by atoms with Gasteiger partial charge in [0.15, 0.2) is 25.3 Å². The smallest absolute Gasteiger partial charge is 0.211 e. The van der Waals surface area contributed by atoms with Crippen molar-refractivity contribution >= 4 is 49.4 Å². The normalized spacial score (nSPS) is 18.7. The summed E-state index contributed by atoms with van der Waals surface area (Å²) >= 11 is 0. The third-order valence-electron chi connectivity index (χ3n) is 15.0. The second-order valence-corrected chi connectivity index (χ2v) is 29.2. The molecule has 5 aliphatic rings. The lowest BCUT2D eigenvalue weighted by molar-refractivity contribution is -0.894. The van der Waals surface area contributed by atoms with Crippen molar-refractivity contribution in [2.75, 3.05) is 164 Å². The van der Waals surface area contributed by atoms with Crippen molar-refractivity contribution in [3.05, 3.63) is 157 Å². The predicted molar refractivity (Wildman–Crippen MR) is 329 cm³/mol. The zero-order valence-corrected chi connectivity index (χ0v) is 54.3. The van der Waals surface area contributed by atoms with Gasteiger partial charge in [-0.25, -0.2) is 0 Å². The third-order valence-corrected chi connectivity index (χ3v) is 22.2. The number of para-hydroxylation sites is 1. The molecule has 0 amide bonds. The maximum atomic E-state index is 11.8. The Kier molecular flexibility index (Phi) is 29.7. The van der Waals surface area contributed by atoms with E-state index in [0.29, 0.717) is 27.6 Å². The van der Waals surface area contributed by atoms with Crippen molar-refractivity contribution < 1.29 is 47.7 Å². The van der Waals surface area contributed by atoms with Crippen LogP contribution in [0.1, 0.15) is 41.6 Å². The van der Waals surface area contributed by atoms with Crippen LogP contribution in [0.4, 0.5) is 0 Å². The zero-order chi connectivity index (χ0) is 53.6. The van der Waals surface area contributed by atoms with Crippen LogP contribution in [0, 0.1) is 6.92 Å². The van der Waals surface area contributed by atoms with Crippen LogP contribution in [0.2, 0.25) is 0 Å². The summed E-state index contributed by atoms with van der Waals surface area (Å²) in [5.41, 5.74) is 3.57. The van der Waals surface area contributed by atoms with E-state index in [1.165, 1.54) is 167 Å². The molecule has 422 valence electrons. The lowest BCUT2D eigenvalue weighted by Gasteiger charge is -2.37. The molecule has 0 saturated carbocycles. The minimum absolute atomic E-state index is 0. The number of quaternary nitrogens is 2. The Morgan fingerprint density at radius 2 is 0.857 bits per heavy atom. The van der Waals surface area contributed by atoms with E-state index in [-0.39, 0.29) is 44.9 Å². The molecule has 5 saturated heterocycles. The van der Waals surface area contributed by atoms with E-state index in [0.717, 1.165) is 11.3 Å². The first kappa shape index (κ1) is 66.6. The van der Waals surface area contributed by atoms with Crippen LogP contribution >= 0.6 is 0 Å². The molecule has 5 aliphatic heterocycles. The molecule has 11 rings (SSSR count). The van der Waals surface area contributed by atoms with Gasteiger partial charge in [0.2, 0.25) is 5.78 Å². The van der Waals surface area contributed by atoms with Gasteiger partial charge in [0.05, 0.1) is 82.4 Å². The lowest BCUT2D eigenvalue weighted by Crippen LogP contribution is -3.00. The number of hydrogen-bond acceptors (Lipinski definition) is 5. The van der Waals surface area contributed by atoms with Crippen LogP contribution in [-0.2, 0) is 39.7 Å².